The minimum atomic E-state index is -1.02. The minimum absolute atomic E-state index is 0.175. The van der Waals surface area contributed by atoms with E-state index in [1.165, 1.54) is 0 Å². The van der Waals surface area contributed by atoms with Crippen molar-refractivity contribution < 1.29 is 13.9 Å². The molecule has 84 valence electrons. The van der Waals surface area contributed by atoms with Crippen LogP contribution in [-0.2, 0) is 0 Å². The maximum Gasteiger partial charge on any atom is 0.142 e. The predicted octanol–water partition coefficient (Wildman–Crippen LogP) is 2.39. The van der Waals surface area contributed by atoms with Gasteiger partial charge in [-0.2, -0.15) is 0 Å². The van der Waals surface area contributed by atoms with Crippen LogP contribution in [0.2, 0.25) is 5.02 Å². The molecule has 0 unspecified atom stereocenters. The van der Waals surface area contributed by atoms with Gasteiger partial charge in [0.05, 0.1) is 17.2 Å². The number of benzene rings is 1. The molecule has 1 aromatic carbocycles. The van der Waals surface area contributed by atoms with Crippen LogP contribution in [0.3, 0.4) is 0 Å². The van der Waals surface area contributed by atoms with E-state index in [2.05, 4.69) is 0 Å². The van der Waals surface area contributed by atoms with E-state index in [0.29, 0.717) is 6.42 Å². The number of halogens is 3. The molecule has 3 N–H and O–H groups in total. The van der Waals surface area contributed by atoms with E-state index in [4.69, 9.17) is 17.3 Å². The highest BCUT2D eigenvalue weighted by Crippen LogP contribution is 2.29. The van der Waals surface area contributed by atoms with Crippen LogP contribution in [0.4, 0.5) is 8.78 Å². The largest absolute Gasteiger partial charge is 0.391 e. The fourth-order valence-corrected chi connectivity index (χ4v) is 1.57. The molecule has 0 aliphatic heterocycles. The topological polar surface area (TPSA) is 46.2 Å². The lowest BCUT2D eigenvalue weighted by Crippen LogP contribution is -2.27. The van der Waals surface area contributed by atoms with Gasteiger partial charge >= 0.3 is 0 Å². The first-order valence-electron chi connectivity index (χ1n) is 4.56. The molecule has 5 heteroatoms. The first kappa shape index (κ1) is 12.4. The number of hydrogen-bond acceptors (Lipinski definition) is 2. The van der Waals surface area contributed by atoms with Crippen LogP contribution in [0.5, 0.6) is 0 Å². The second-order valence-electron chi connectivity index (χ2n) is 3.26. The standard InChI is InChI=1S/C10H12ClF2NO/c1-2-7(15)10(14)8-5(12)3-4-6(13)9(8)11/h3-4,7,10,15H,2,14H2,1H3/t7-,10-/m1/s1. The Morgan fingerprint density at radius 1 is 1.40 bits per heavy atom. The zero-order valence-corrected chi connectivity index (χ0v) is 8.93. The SMILES string of the molecule is CC[C@@H](O)[C@@H](N)c1c(F)ccc(F)c1Cl. The van der Waals surface area contributed by atoms with Crippen molar-refractivity contribution in [1.29, 1.82) is 0 Å². The van der Waals surface area contributed by atoms with Gasteiger partial charge in [-0.1, -0.05) is 18.5 Å². The summed E-state index contributed by atoms with van der Waals surface area (Å²) in [6.07, 6.45) is -0.605. The van der Waals surface area contributed by atoms with Crippen molar-refractivity contribution >= 4 is 11.6 Å². The van der Waals surface area contributed by atoms with Crippen molar-refractivity contribution in [1.82, 2.24) is 0 Å². The van der Waals surface area contributed by atoms with E-state index in [1.807, 2.05) is 0 Å². The van der Waals surface area contributed by atoms with Crippen LogP contribution < -0.4 is 5.73 Å². The van der Waals surface area contributed by atoms with Crippen molar-refractivity contribution in [3.63, 3.8) is 0 Å². The Morgan fingerprint density at radius 2 is 1.93 bits per heavy atom. The van der Waals surface area contributed by atoms with Gasteiger partial charge in [-0.25, -0.2) is 8.78 Å². The molecule has 0 heterocycles. The summed E-state index contributed by atoms with van der Waals surface area (Å²) < 4.78 is 26.4. The van der Waals surface area contributed by atoms with Crippen LogP contribution in [0, 0.1) is 11.6 Å². The summed E-state index contributed by atoms with van der Waals surface area (Å²) in [6.45, 7) is 1.69. The van der Waals surface area contributed by atoms with Crippen molar-refractivity contribution in [2.45, 2.75) is 25.5 Å². The zero-order valence-electron chi connectivity index (χ0n) is 8.17. The van der Waals surface area contributed by atoms with Crippen LogP contribution in [0.25, 0.3) is 0 Å². The molecule has 0 saturated carbocycles. The third kappa shape index (κ3) is 2.45. The Kier molecular flexibility index (Phi) is 4.02. The summed E-state index contributed by atoms with van der Waals surface area (Å²) in [5.74, 6) is -1.45. The number of aliphatic hydroxyl groups excluding tert-OH is 1. The molecule has 1 aromatic rings. The number of aliphatic hydroxyl groups is 1. The quantitative estimate of drug-likeness (QED) is 0.791. The van der Waals surface area contributed by atoms with E-state index < -0.39 is 23.8 Å². The summed E-state index contributed by atoms with van der Waals surface area (Å²) >= 11 is 5.59. The fourth-order valence-electron chi connectivity index (χ4n) is 1.29. The minimum Gasteiger partial charge on any atom is -0.391 e. The summed E-state index contributed by atoms with van der Waals surface area (Å²) in [4.78, 5) is 0. The molecular formula is C10H12ClF2NO. The number of rotatable bonds is 3. The van der Waals surface area contributed by atoms with E-state index in [-0.39, 0.29) is 10.6 Å². The van der Waals surface area contributed by atoms with Crippen molar-refractivity contribution in [2.24, 2.45) is 5.73 Å². The van der Waals surface area contributed by atoms with Crippen molar-refractivity contribution in [3.8, 4) is 0 Å². The number of nitrogens with two attached hydrogens (primary N) is 1. The summed E-state index contributed by atoms with van der Waals surface area (Å²) in [7, 11) is 0. The molecule has 0 aromatic heterocycles. The molecule has 0 radical (unpaired) electrons. The first-order valence-corrected chi connectivity index (χ1v) is 4.93. The molecule has 1 rings (SSSR count). The average Bonchev–Trinajstić information content (AvgIpc) is 2.22. The first-order chi connectivity index (χ1) is 6.99. The van der Waals surface area contributed by atoms with E-state index in [0.717, 1.165) is 12.1 Å². The van der Waals surface area contributed by atoms with E-state index in [1.54, 1.807) is 6.92 Å². The molecule has 0 aliphatic rings. The molecule has 0 bridgehead atoms. The summed E-state index contributed by atoms with van der Waals surface area (Å²) in [6, 6.07) is 0.851. The van der Waals surface area contributed by atoms with Crippen LogP contribution in [-0.4, -0.2) is 11.2 Å². The van der Waals surface area contributed by atoms with Gasteiger partial charge < -0.3 is 10.8 Å². The van der Waals surface area contributed by atoms with E-state index in [9.17, 15) is 13.9 Å². The third-order valence-electron chi connectivity index (χ3n) is 2.25. The lowest BCUT2D eigenvalue weighted by atomic mass is 10.00. The summed E-state index contributed by atoms with van der Waals surface area (Å²) in [5, 5.41) is 9.08. The molecule has 15 heavy (non-hydrogen) atoms. The molecule has 0 spiro atoms. The highest BCUT2D eigenvalue weighted by Gasteiger charge is 2.23. The molecule has 0 saturated heterocycles. The van der Waals surface area contributed by atoms with Crippen LogP contribution in [0.15, 0.2) is 12.1 Å². The second-order valence-corrected chi connectivity index (χ2v) is 3.64. The normalized spacial score (nSPS) is 15.1. The molecule has 0 aliphatic carbocycles. The Labute approximate surface area is 91.7 Å². The van der Waals surface area contributed by atoms with Gasteiger partial charge in [-0.05, 0) is 18.6 Å². The highest BCUT2D eigenvalue weighted by atomic mass is 35.5. The van der Waals surface area contributed by atoms with Crippen molar-refractivity contribution in [3.05, 3.63) is 34.4 Å². The average molecular weight is 236 g/mol. The maximum absolute atomic E-state index is 13.3. The molecule has 0 fully saturated rings. The third-order valence-corrected chi connectivity index (χ3v) is 2.63. The zero-order chi connectivity index (χ0) is 11.6. The molecular weight excluding hydrogens is 224 g/mol. The van der Waals surface area contributed by atoms with Gasteiger partial charge in [-0.15, -0.1) is 0 Å². The van der Waals surface area contributed by atoms with Gasteiger partial charge in [0.15, 0.2) is 0 Å². The maximum atomic E-state index is 13.3. The number of hydrogen-bond donors (Lipinski definition) is 2. The lowest BCUT2D eigenvalue weighted by molar-refractivity contribution is 0.139. The van der Waals surface area contributed by atoms with Gasteiger partial charge in [0, 0.05) is 5.56 Å². The van der Waals surface area contributed by atoms with Gasteiger partial charge in [0.2, 0.25) is 0 Å². The van der Waals surface area contributed by atoms with Crippen LogP contribution in [0.1, 0.15) is 24.9 Å². The predicted molar refractivity (Wildman–Crippen MR) is 54.6 cm³/mol. The molecule has 0 amide bonds. The Balaban J connectivity index is 3.18. The van der Waals surface area contributed by atoms with Gasteiger partial charge in [0.25, 0.3) is 0 Å². The van der Waals surface area contributed by atoms with Crippen LogP contribution >= 0.6 is 11.6 Å². The van der Waals surface area contributed by atoms with Gasteiger partial charge in [0.1, 0.15) is 11.6 Å². The molecule has 2 atom stereocenters. The monoisotopic (exact) mass is 235 g/mol. The summed E-state index contributed by atoms with van der Waals surface area (Å²) in [5.41, 5.74) is 5.40. The Bertz CT molecular complexity index is 360. The van der Waals surface area contributed by atoms with E-state index >= 15 is 0 Å². The van der Waals surface area contributed by atoms with Gasteiger partial charge in [-0.3, -0.25) is 0 Å². The fraction of sp³-hybridized carbons (Fsp3) is 0.400. The lowest BCUT2D eigenvalue weighted by Gasteiger charge is -2.19. The van der Waals surface area contributed by atoms with Crippen molar-refractivity contribution in [2.75, 3.05) is 0 Å². The molecule has 2 nitrogen and oxygen atoms in total. The highest BCUT2D eigenvalue weighted by molar-refractivity contribution is 6.31. The second kappa shape index (κ2) is 4.88. The Morgan fingerprint density at radius 3 is 2.47 bits per heavy atom. The Hall–Kier alpha value is -0.710. The smallest absolute Gasteiger partial charge is 0.142 e.